The largest absolute Gasteiger partial charge is 0.136 e. The lowest BCUT2D eigenvalue weighted by molar-refractivity contribution is 1.45. The van der Waals surface area contributed by atoms with Crippen molar-refractivity contribution in [3.63, 3.8) is 0 Å². The van der Waals surface area contributed by atoms with Crippen molar-refractivity contribution in [1.82, 2.24) is 0 Å². The summed E-state index contributed by atoms with van der Waals surface area (Å²) in [6.07, 6.45) is 4.40. The molecule has 0 saturated carbocycles. The van der Waals surface area contributed by atoms with Crippen molar-refractivity contribution in [3.05, 3.63) is 70.6 Å². The van der Waals surface area contributed by atoms with E-state index in [0.29, 0.717) is 0 Å². The molecule has 3 aromatic rings. The molecule has 0 aliphatic carbocycles. The van der Waals surface area contributed by atoms with Gasteiger partial charge in [0.1, 0.15) is 0 Å². The van der Waals surface area contributed by atoms with E-state index in [9.17, 15) is 0 Å². The second-order valence-corrected chi connectivity index (χ2v) is 5.49. The van der Waals surface area contributed by atoms with E-state index < -0.39 is 0 Å². The van der Waals surface area contributed by atoms with Crippen LogP contribution in [0.1, 0.15) is 16.0 Å². The molecule has 0 nitrogen and oxygen atoms in total. The van der Waals surface area contributed by atoms with Crippen molar-refractivity contribution in [2.45, 2.75) is 6.92 Å². The Balaban J connectivity index is 1.95. The van der Waals surface area contributed by atoms with E-state index in [-0.39, 0.29) is 0 Å². The molecule has 0 unspecified atom stereocenters. The molecular weight excluding hydrogens is 236 g/mol. The molecule has 0 atom stereocenters. The van der Waals surface area contributed by atoms with Crippen molar-refractivity contribution >= 4 is 33.6 Å². The number of thiophene rings is 1. The van der Waals surface area contributed by atoms with Crippen LogP contribution in [0.3, 0.4) is 0 Å². The molecule has 0 amide bonds. The van der Waals surface area contributed by atoms with Gasteiger partial charge in [0, 0.05) is 9.58 Å². The van der Waals surface area contributed by atoms with E-state index >= 15 is 0 Å². The first-order valence-electron chi connectivity index (χ1n) is 6.05. The van der Waals surface area contributed by atoms with Crippen LogP contribution in [0.4, 0.5) is 0 Å². The second-order valence-electron chi connectivity index (χ2n) is 4.38. The first-order valence-corrected chi connectivity index (χ1v) is 6.87. The predicted octanol–water partition coefficient (Wildman–Crippen LogP) is 5.38. The zero-order chi connectivity index (χ0) is 12.4. The Morgan fingerprint density at radius 1 is 0.889 bits per heavy atom. The highest BCUT2D eigenvalue weighted by Crippen LogP contribution is 2.26. The van der Waals surface area contributed by atoms with Gasteiger partial charge in [-0.15, -0.1) is 11.3 Å². The van der Waals surface area contributed by atoms with Gasteiger partial charge < -0.3 is 0 Å². The zero-order valence-electron chi connectivity index (χ0n) is 10.3. The van der Waals surface area contributed by atoms with Crippen LogP contribution < -0.4 is 0 Å². The maximum atomic E-state index is 2.24. The van der Waals surface area contributed by atoms with Crippen molar-refractivity contribution in [2.75, 3.05) is 0 Å². The Bertz CT molecular complexity index is 671. The molecule has 0 N–H and O–H groups in total. The summed E-state index contributed by atoms with van der Waals surface area (Å²) in [4.78, 5) is 1.31. The van der Waals surface area contributed by atoms with Crippen molar-refractivity contribution in [1.29, 1.82) is 0 Å². The van der Waals surface area contributed by atoms with E-state index in [1.807, 2.05) is 11.3 Å². The number of aryl methyl sites for hydroxylation is 1. The van der Waals surface area contributed by atoms with Gasteiger partial charge in [0.15, 0.2) is 0 Å². The lowest BCUT2D eigenvalue weighted by atomic mass is 10.1. The average Bonchev–Trinajstić information content (AvgIpc) is 2.80. The van der Waals surface area contributed by atoms with Crippen LogP contribution >= 0.6 is 11.3 Å². The van der Waals surface area contributed by atoms with Crippen LogP contribution in [-0.2, 0) is 0 Å². The third kappa shape index (κ3) is 2.22. The van der Waals surface area contributed by atoms with Crippen molar-refractivity contribution in [2.24, 2.45) is 0 Å². The lowest BCUT2D eigenvalue weighted by Gasteiger charge is -1.97. The molecule has 0 saturated heterocycles. The van der Waals surface area contributed by atoms with E-state index in [0.717, 1.165) is 0 Å². The maximum Gasteiger partial charge on any atom is 0.0349 e. The van der Waals surface area contributed by atoms with Crippen LogP contribution in [0.15, 0.2) is 54.6 Å². The molecular formula is C17H14S. The summed E-state index contributed by atoms with van der Waals surface area (Å²) < 4.78 is 1.35. The summed E-state index contributed by atoms with van der Waals surface area (Å²) in [5.41, 5.74) is 2.60. The summed E-state index contributed by atoms with van der Waals surface area (Å²) in [7, 11) is 0. The number of fused-ring (bicyclic) bond motifs is 1. The number of hydrogen-bond donors (Lipinski definition) is 0. The zero-order valence-corrected chi connectivity index (χ0v) is 11.1. The first-order chi connectivity index (χ1) is 8.83. The SMILES string of the molecule is Cc1ccccc1/C=C\c1cc2ccccc2s1. The number of rotatable bonds is 2. The molecule has 0 fully saturated rings. The van der Waals surface area contributed by atoms with Gasteiger partial charge in [0.05, 0.1) is 0 Å². The molecule has 0 spiro atoms. The van der Waals surface area contributed by atoms with Crippen LogP contribution in [-0.4, -0.2) is 0 Å². The average molecular weight is 250 g/mol. The van der Waals surface area contributed by atoms with E-state index in [1.165, 1.54) is 26.1 Å². The molecule has 1 aromatic heterocycles. The molecule has 3 rings (SSSR count). The normalized spacial score (nSPS) is 11.4. The fraction of sp³-hybridized carbons (Fsp3) is 0.0588. The molecule has 0 aliphatic rings. The molecule has 1 heterocycles. The third-order valence-electron chi connectivity index (χ3n) is 3.06. The Morgan fingerprint density at radius 3 is 2.50 bits per heavy atom. The van der Waals surface area contributed by atoms with Crippen LogP contribution in [0.5, 0.6) is 0 Å². The minimum absolute atomic E-state index is 1.29. The van der Waals surface area contributed by atoms with Gasteiger partial charge in [-0.05, 0) is 41.6 Å². The highest BCUT2D eigenvalue weighted by atomic mass is 32.1. The van der Waals surface area contributed by atoms with E-state index in [2.05, 4.69) is 73.7 Å². The van der Waals surface area contributed by atoms with E-state index in [4.69, 9.17) is 0 Å². The summed E-state index contributed by atoms with van der Waals surface area (Å²) in [6.45, 7) is 2.14. The fourth-order valence-corrected chi connectivity index (χ4v) is 3.00. The highest BCUT2D eigenvalue weighted by molar-refractivity contribution is 7.19. The molecule has 1 heteroatoms. The van der Waals surface area contributed by atoms with Crippen molar-refractivity contribution < 1.29 is 0 Å². The number of benzene rings is 2. The molecule has 0 bridgehead atoms. The smallest absolute Gasteiger partial charge is 0.0349 e. The summed E-state index contributed by atoms with van der Waals surface area (Å²) >= 11 is 1.84. The maximum absolute atomic E-state index is 2.24. The highest BCUT2D eigenvalue weighted by Gasteiger charge is 1.98. The van der Waals surface area contributed by atoms with Gasteiger partial charge in [-0.3, -0.25) is 0 Å². The summed E-state index contributed by atoms with van der Waals surface area (Å²) in [5, 5.41) is 1.33. The first kappa shape index (κ1) is 11.2. The Labute approximate surface area is 111 Å². The Hall–Kier alpha value is -1.86. The van der Waals surface area contributed by atoms with Gasteiger partial charge >= 0.3 is 0 Å². The molecule has 0 radical (unpaired) electrons. The standard InChI is InChI=1S/C17H14S/c1-13-6-2-3-7-14(13)10-11-16-12-15-8-4-5-9-17(15)18-16/h2-12H,1H3/b11-10-. The van der Waals surface area contributed by atoms with Gasteiger partial charge in [0.25, 0.3) is 0 Å². The molecule has 88 valence electrons. The number of hydrogen-bond acceptors (Lipinski definition) is 1. The minimum atomic E-state index is 1.29. The second kappa shape index (κ2) is 4.79. The predicted molar refractivity (Wildman–Crippen MR) is 81.9 cm³/mol. The lowest BCUT2D eigenvalue weighted by Crippen LogP contribution is -1.77. The van der Waals surface area contributed by atoms with Crippen LogP contribution in [0.2, 0.25) is 0 Å². The fourth-order valence-electron chi connectivity index (χ4n) is 2.03. The third-order valence-corrected chi connectivity index (χ3v) is 4.14. The van der Waals surface area contributed by atoms with E-state index in [1.54, 1.807) is 0 Å². The van der Waals surface area contributed by atoms with Crippen LogP contribution in [0, 0.1) is 6.92 Å². The summed E-state index contributed by atoms with van der Waals surface area (Å²) in [6, 6.07) is 19.2. The van der Waals surface area contributed by atoms with Gasteiger partial charge in [-0.1, -0.05) is 48.5 Å². The van der Waals surface area contributed by atoms with Gasteiger partial charge in [0.2, 0.25) is 0 Å². The Kier molecular flexibility index (Phi) is 2.99. The Morgan fingerprint density at radius 2 is 1.67 bits per heavy atom. The van der Waals surface area contributed by atoms with Crippen molar-refractivity contribution in [3.8, 4) is 0 Å². The molecule has 2 aromatic carbocycles. The van der Waals surface area contributed by atoms with Gasteiger partial charge in [-0.25, -0.2) is 0 Å². The summed E-state index contributed by atoms with van der Waals surface area (Å²) in [5.74, 6) is 0. The minimum Gasteiger partial charge on any atom is -0.136 e. The van der Waals surface area contributed by atoms with Crippen LogP contribution in [0.25, 0.3) is 22.2 Å². The molecule has 0 aliphatic heterocycles. The topological polar surface area (TPSA) is 0 Å². The molecule has 18 heavy (non-hydrogen) atoms. The monoisotopic (exact) mass is 250 g/mol. The van der Waals surface area contributed by atoms with Gasteiger partial charge in [-0.2, -0.15) is 0 Å². The quantitative estimate of drug-likeness (QED) is 0.572.